The first kappa shape index (κ1) is 20.6. The Hall–Kier alpha value is -1.75. The van der Waals surface area contributed by atoms with Gasteiger partial charge >= 0.3 is 11.9 Å². The first-order valence-corrected chi connectivity index (χ1v) is 9.17. The van der Waals surface area contributed by atoms with Gasteiger partial charge in [0.2, 0.25) is 0 Å². The van der Waals surface area contributed by atoms with Crippen molar-refractivity contribution in [2.45, 2.75) is 32.6 Å². The first-order valence-electron chi connectivity index (χ1n) is 8.04. The highest BCUT2D eigenvalue weighted by molar-refractivity contribution is 6.40. The van der Waals surface area contributed by atoms with Crippen molar-refractivity contribution in [3.63, 3.8) is 0 Å². The van der Waals surface area contributed by atoms with Crippen LogP contribution in [0.3, 0.4) is 0 Å². The van der Waals surface area contributed by atoms with Gasteiger partial charge in [0.05, 0.1) is 10.0 Å². The maximum absolute atomic E-state index is 11.9. The summed E-state index contributed by atoms with van der Waals surface area (Å²) >= 11 is 17.7. The zero-order chi connectivity index (χ0) is 19.1. The molecule has 7 heteroatoms. The van der Waals surface area contributed by atoms with Gasteiger partial charge in [-0.3, -0.25) is 9.59 Å². The molecule has 0 spiro atoms. The van der Waals surface area contributed by atoms with Crippen molar-refractivity contribution in [3.05, 3.63) is 57.0 Å². The van der Waals surface area contributed by atoms with Crippen LogP contribution in [0.4, 0.5) is 0 Å². The number of halogens is 3. The van der Waals surface area contributed by atoms with E-state index in [1.54, 1.807) is 6.07 Å². The lowest BCUT2D eigenvalue weighted by molar-refractivity contribution is -0.136. The monoisotopic (exact) mass is 414 g/mol. The minimum atomic E-state index is -0.545. The predicted molar refractivity (Wildman–Crippen MR) is 102 cm³/mol. The third-order valence-corrected chi connectivity index (χ3v) is 4.26. The quantitative estimate of drug-likeness (QED) is 0.418. The Balaban J connectivity index is 1.80. The Morgan fingerprint density at radius 2 is 1.54 bits per heavy atom. The smallest absolute Gasteiger partial charge is 0.311 e. The fourth-order valence-corrected chi connectivity index (χ4v) is 3.07. The molecule has 0 amide bonds. The van der Waals surface area contributed by atoms with Crippen molar-refractivity contribution in [1.29, 1.82) is 0 Å². The molecule has 2 rings (SSSR count). The van der Waals surface area contributed by atoms with Gasteiger partial charge in [-0.1, -0.05) is 53.9 Å². The lowest BCUT2D eigenvalue weighted by atomic mass is 10.2. The summed E-state index contributed by atoms with van der Waals surface area (Å²) in [6.45, 7) is 2.02. The summed E-state index contributed by atoms with van der Waals surface area (Å²) in [6.07, 6.45) is 1.26. The van der Waals surface area contributed by atoms with Crippen molar-refractivity contribution >= 4 is 46.7 Å². The molecular weight excluding hydrogens is 399 g/mol. The minimum absolute atomic E-state index is 0.0272. The predicted octanol–water partition coefficient (Wildman–Crippen LogP) is 5.89. The molecule has 0 radical (unpaired) electrons. The summed E-state index contributed by atoms with van der Waals surface area (Å²) in [6, 6.07) is 10.2. The topological polar surface area (TPSA) is 52.6 Å². The van der Waals surface area contributed by atoms with Crippen molar-refractivity contribution in [3.8, 4) is 11.5 Å². The van der Waals surface area contributed by atoms with Crippen LogP contribution in [0.5, 0.6) is 11.5 Å². The average molecular weight is 416 g/mol. The van der Waals surface area contributed by atoms with E-state index in [1.807, 2.05) is 25.1 Å². The second kappa shape index (κ2) is 9.81. The molecule has 0 aliphatic carbocycles. The maximum atomic E-state index is 11.9. The molecule has 0 N–H and O–H groups in total. The van der Waals surface area contributed by atoms with E-state index in [0.717, 1.165) is 12.0 Å². The summed E-state index contributed by atoms with van der Waals surface area (Å²) in [4.78, 5) is 23.8. The molecule has 2 aromatic carbocycles. The second-order valence-corrected chi connectivity index (χ2v) is 6.75. The second-order valence-electron chi connectivity index (χ2n) is 5.50. The Labute approximate surface area is 167 Å². The van der Waals surface area contributed by atoms with Gasteiger partial charge in [-0.25, -0.2) is 0 Å². The van der Waals surface area contributed by atoms with Crippen LogP contribution in [0.1, 0.15) is 31.7 Å². The van der Waals surface area contributed by atoms with Gasteiger partial charge in [-0.15, -0.1) is 0 Å². The van der Waals surface area contributed by atoms with Crippen LogP contribution < -0.4 is 9.47 Å². The Bertz CT molecular complexity index is 782. The molecule has 0 fully saturated rings. The van der Waals surface area contributed by atoms with Gasteiger partial charge in [0, 0.05) is 17.9 Å². The van der Waals surface area contributed by atoms with Crippen LogP contribution in [0.25, 0.3) is 0 Å². The normalized spacial score (nSPS) is 10.5. The standard InChI is InChI=1S/C19H17Cl3O4/c1-2-12-5-3-6-14(9-12)25-17(23)7-4-8-18(24)26-19-15(21)10-13(20)11-16(19)22/h3,5-6,9-11H,2,4,7-8H2,1H3. The molecule has 0 saturated carbocycles. The van der Waals surface area contributed by atoms with Crippen LogP contribution in [-0.2, 0) is 16.0 Å². The summed E-state index contributed by atoms with van der Waals surface area (Å²) in [5.41, 5.74) is 1.08. The molecule has 0 bridgehead atoms. The Morgan fingerprint density at radius 3 is 2.15 bits per heavy atom. The van der Waals surface area contributed by atoms with E-state index in [9.17, 15) is 9.59 Å². The number of rotatable bonds is 7. The number of aryl methyl sites for hydroxylation is 1. The van der Waals surface area contributed by atoms with Crippen molar-refractivity contribution in [2.24, 2.45) is 0 Å². The van der Waals surface area contributed by atoms with Gasteiger partial charge in [-0.05, 0) is 42.7 Å². The van der Waals surface area contributed by atoms with Gasteiger partial charge in [-0.2, -0.15) is 0 Å². The highest BCUT2D eigenvalue weighted by atomic mass is 35.5. The minimum Gasteiger partial charge on any atom is -0.427 e. The summed E-state index contributed by atoms with van der Waals surface area (Å²) in [7, 11) is 0. The molecule has 138 valence electrons. The van der Waals surface area contributed by atoms with Gasteiger partial charge < -0.3 is 9.47 Å². The number of benzene rings is 2. The lowest BCUT2D eigenvalue weighted by Crippen LogP contribution is -2.12. The van der Waals surface area contributed by atoms with E-state index in [0.29, 0.717) is 10.8 Å². The van der Waals surface area contributed by atoms with Crippen molar-refractivity contribution in [1.82, 2.24) is 0 Å². The summed E-state index contributed by atoms with van der Waals surface area (Å²) in [5.74, 6) is -0.399. The van der Waals surface area contributed by atoms with Gasteiger partial charge in [0.1, 0.15) is 5.75 Å². The highest BCUT2D eigenvalue weighted by Crippen LogP contribution is 2.36. The first-order chi connectivity index (χ1) is 12.4. The van der Waals surface area contributed by atoms with Crippen molar-refractivity contribution in [2.75, 3.05) is 0 Å². The highest BCUT2D eigenvalue weighted by Gasteiger charge is 2.14. The lowest BCUT2D eigenvalue weighted by Gasteiger charge is -2.09. The summed E-state index contributed by atoms with van der Waals surface area (Å²) in [5, 5.41) is 0.631. The van der Waals surface area contributed by atoms with E-state index in [2.05, 4.69) is 0 Å². The molecule has 0 aromatic heterocycles. The third kappa shape index (κ3) is 6.20. The Kier molecular flexibility index (Phi) is 7.76. The van der Waals surface area contributed by atoms with Crippen LogP contribution in [0, 0.1) is 0 Å². The molecule has 0 unspecified atom stereocenters. The van der Waals surface area contributed by atoms with E-state index in [1.165, 1.54) is 12.1 Å². The molecule has 0 aliphatic heterocycles. The third-order valence-electron chi connectivity index (χ3n) is 3.48. The van der Waals surface area contributed by atoms with Gasteiger partial charge in [0.25, 0.3) is 0 Å². The number of carbonyl (C=O) groups is 2. The molecule has 0 aliphatic rings. The van der Waals surface area contributed by atoms with Crippen LogP contribution >= 0.6 is 34.8 Å². The fourth-order valence-electron chi connectivity index (χ4n) is 2.18. The SMILES string of the molecule is CCc1cccc(OC(=O)CCCC(=O)Oc2c(Cl)cc(Cl)cc2Cl)c1. The van der Waals surface area contributed by atoms with E-state index in [-0.39, 0.29) is 35.1 Å². The van der Waals surface area contributed by atoms with E-state index in [4.69, 9.17) is 44.3 Å². The van der Waals surface area contributed by atoms with Gasteiger partial charge in [0.15, 0.2) is 5.75 Å². The molecule has 0 heterocycles. The van der Waals surface area contributed by atoms with E-state index < -0.39 is 11.9 Å². The average Bonchev–Trinajstić information content (AvgIpc) is 2.58. The Morgan fingerprint density at radius 1 is 0.923 bits per heavy atom. The number of carbonyl (C=O) groups excluding carboxylic acids is 2. The van der Waals surface area contributed by atoms with Crippen molar-refractivity contribution < 1.29 is 19.1 Å². The zero-order valence-corrected chi connectivity index (χ0v) is 16.3. The molecule has 0 atom stereocenters. The fraction of sp³-hybridized carbons (Fsp3) is 0.263. The van der Waals surface area contributed by atoms with Crippen LogP contribution in [0.15, 0.2) is 36.4 Å². The number of esters is 2. The molecule has 26 heavy (non-hydrogen) atoms. The molecular formula is C19H17Cl3O4. The summed E-state index contributed by atoms with van der Waals surface area (Å²) < 4.78 is 10.4. The molecule has 4 nitrogen and oxygen atoms in total. The molecule has 2 aromatic rings. The largest absolute Gasteiger partial charge is 0.427 e. The van der Waals surface area contributed by atoms with Crippen LogP contribution in [0.2, 0.25) is 15.1 Å². The number of hydrogen-bond donors (Lipinski definition) is 0. The number of hydrogen-bond acceptors (Lipinski definition) is 4. The number of ether oxygens (including phenoxy) is 2. The zero-order valence-electron chi connectivity index (χ0n) is 14.1. The maximum Gasteiger partial charge on any atom is 0.311 e. The molecule has 0 saturated heterocycles. The van der Waals surface area contributed by atoms with Crippen LogP contribution in [-0.4, -0.2) is 11.9 Å². The van der Waals surface area contributed by atoms with E-state index >= 15 is 0 Å².